The third-order valence-corrected chi connectivity index (χ3v) is 7.00. The van der Waals surface area contributed by atoms with Gasteiger partial charge in [-0.2, -0.15) is 0 Å². The van der Waals surface area contributed by atoms with Gasteiger partial charge in [-0.05, 0) is 48.1 Å². The predicted molar refractivity (Wildman–Crippen MR) is 135 cm³/mol. The Hall–Kier alpha value is -3.26. The van der Waals surface area contributed by atoms with Crippen molar-refractivity contribution in [3.05, 3.63) is 67.6 Å². The van der Waals surface area contributed by atoms with Crippen molar-refractivity contribution in [2.75, 3.05) is 6.61 Å². The summed E-state index contributed by atoms with van der Waals surface area (Å²) in [6.07, 6.45) is 1.24. The fourth-order valence-corrected chi connectivity index (χ4v) is 5.34. The van der Waals surface area contributed by atoms with Crippen molar-refractivity contribution >= 4 is 17.1 Å². The number of aromatic hydroxyl groups is 2. The van der Waals surface area contributed by atoms with Crippen LogP contribution in [-0.2, 0) is 6.42 Å². The summed E-state index contributed by atoms with van der Waals surface area (Å²) >= 11 is 0.989. The van der Waals surface area contributed by atoms with Crippen molar-refractivity contribution in [2.24, 2.45) is 5.92 Å². The number of phenols is 1. The second-order valence-corrected chi connectivity index (χ2v) is 11.0. The topological polar surface area (TPSA) is 109 Å². The van der Waals surface area contributed by atoms with E-state index >= 15 is 0 Å². The molecule has 2 aromatic carbocycles. The van der Waals surface area contributed by atoms with Crippen molar-refractivity contribution < 1.29 is 24.5 Å². The molecule has 0 spiro atoms. The molecule has 0 saturated carbocycles. The lowest BCUT2D eigenvalue weighted by atomic mass is 9.83. The molecule has 3 aromatic rings. The molecule has 1 aliphatic rings. The normalized spacial score (nSPS) is 17.5. The Morgan fingerprint density at radius 2 is 1.83 bits per heavy atom. The Morgan fingerprint density at radius 3 is 2.43 bits per heavy atom. The van der Waals surface area contributed by atoms with Crippen LogP contribution < -0.4 is 14.3 Å². The number of hydrogen-bond donors (Lipinski definition) is 3. The molecule has 8 heteroatoms. The molecule has 0 fully saturated rings. The first-order valence-corrected chi connectivity index (χ1v) is 12.6. The van der Waals surface area contributed by atoms with Crippen LogP contribution in [0.1, 0.15) is 72.8 Å². The molecular weight excluding hydrogens is 466 g/mol. The van der Waals surface area contributed by atoms with Crippen LogP contribution in [0.2, 0.25) is 0 Å². The number of H-pyrrole nitrogens is 1. The van der Waals surface area contributed by atoms with Gasteiger partial charge in [-0.15, -0.1) is 0 Å². The van der Waals surface area contributed by atoms with E-state index < -0.39 is 5.60 Å². The Labute approximate surface area is 208 Å². The molecule has 1 aliphatic heterocycles. The van der Waals surface area contributed by atoms with E-state index in [4.69, 9.17) is 9.47 Å². The molecule has 35 heavy (non-hydrogen) atoms. The van der Waals surface area contributed by atoms with E-state index in [0.717, 1.165) is 22.5 Å². The molecule has 3 N–H and O–H groups in total. The molecule has 0 bridgehead atoms. The predicted octanol–water partition coefficient (Wildman–Crippen LogP) is 5.39. The molecule has 0 amide bonds. The number of nitrogens with one attached hydrogen (secondary N) is 1. The number of rotatable bonds is 8. The molecular formula is C27H31NO6S. The second-order valence-electron chi connectivity index (χ2n) is 9.94. The van der Waals surface area contributed by atoms with Crippen LogP contribution >= 0.6 is 11.3 Å². The Bertz CT molecular complexity index is 1270. The average Bonchev–Trinajstić information content (AvgIpc) is 3.09. The molecule has 2 heterocycles. The van der Waals surface area contributed by atoms with Crippen LogP contribution in [0, 0.1) is 5.92 Å². The number of hydrogen-bond acceptors (Lipinski definition) is 7. The molecule has 186 valence electrons. The number of aromatic nitrogens is 1. The average molecular weight is 498 g/mol. The number of ketones is 1. The molecule has 7 nitrogen and oxygen atoms in total. The summed E-state index contributed by atoms with van der Waals surface area (Å²) in [5, 5.41) is 20.2. The van der Waals surface area contributed by atoms with Gasteiger partial charge < -0.3 is 19.7 Å². The highest BCUT2D eigenvalue weighted by molar-refractivity contribution is 7.09. The van der Waals surface area contributed by atoms with Crippen LogP contribution in [0.3, 0.4) is 0 Å². The third-order valence-electron chi connectivity index (χ3n) is 6.13. The maximum atomic E-state index is 13.1. The van der Waals surface area contributed by atoms with Crippen molar-refractivity contribution in [3.63, 3.8) is 0 Å². The highest BCUT2D eigenvalue weighted by Gasteiger charge is 2.42. The van der Waals surface area contributed by atoms with E-state index in [-0.39, 0.29) is 47.1 Å². The molecule has 0 aliphatic carbocycles. The fraction of sp³-hybridized carbons (Fsp3) is 0.407. The van der Waals surface area contributed by atoms with Crippen LogP contribution in [0.4, 0.5) is 0 Å². The number of carbonyl (C=O) groups excluding carboxylic acids is 1. The third kappa shape index (κ3) is 5.53. The van der Waals surface area contributed by atoms with Gasteiger partial charge in [-0.25, -0.2) is 0 Å². The summed E-state index contributed by atoms with van der Waals surface area (Å²) < 4.78 is 12.6. The van der Waals surface area contributed by atoms with E-state index in [0.29, 0.717) is 34.8 Å². The van der Waals surface area contributed by atoms with Crippen molar-refractivity contribution in [1.29, 1.82) is 0 Å². The second kappa shape index (κ2) is 9.77. The quantitative estimate of drug-likeness (QED) is 0.385. The van der Waals surface area contributed by atoms with Crippen LogP contribution in [0.25, 0.3) is 0 Å². The summed E-state index contributed by atoms with van der Waals surface area (Å²) in [7, 11) is 0. The van der Waals surface area contributed by atoms with Crippen molar-refractivity contribution in [2.45, 2.75) is 58.5 Å². The Morgan fingerprint density at radius 1 is 1.11 bits per heavy atom. The van der Waals surface area contributed by atoms with Gasteiger partial charge in [0.1, 0.15) is 23.9 Å². The van der Waals surface area contributed by atoms with Gasteiger partial charge in [0.15, 0.2) is 11.4 Å². The maximum absolute atomic E-state index is 13.1. The van der Waals surface area contributed by atoms with Gasteiger partial charge in [0.25, 0.3) is 0 Å². The van der Waals surface area contributed by atoms with E-state index in [1.54, 1.807) is 6.07 Å². The number of aromatic amines is 1. The number of phenolic OH excluding ortho intramolecular Hbond substituents is 1. The monoisotopic (exact) mass is 497 g/mol. The molecule has 1 aromatic heterocycles. The summed E-state index contributed by atoms with van der Waals surface area (Å²) in [6, 6.07) is 10.7. The Balaban J connectivity index is 1.53. The zero-order valence-corrected chi connectivity index (χ0v) is 21.2. The first-order valence-electron chi connectivity index (χ1n) is 11.8. The van der Waals surface area contributed by atoms with Crippen LogP contribution in [0.15, 0.2) is 41.2 Å². The first-order chi connectivity index (χ1) is 16.5. The van der Waals surface area contributed by atoms with Gasteiger partial charge in [-0.1, -0.05) is 51.2 Å². The lowest BCUT2D eigenvalue weighted by Crippen LogP contribution is -2.48. The highest BCUT2D eigenvalue weighted by atomic mass is 32.1. The summed E-state index contributed by atoms with van der Waals surface area (Å²) in [6.45, 7) is 8.34. The van der Waals surface area contributed by atoms with E-state index in [9.17, 15) is 19.8 Å². The number of fused-ring (bicyclic) bond motifs is 1. The minimum absolute atomic E-state index is 0.0678. The van der Waals surface area contributed by atoms with Gasteiger partial charge in [0, 0.05) is 12.0 Å². The molecule has 1 unspecified atom stereocenters. The standard InChI is InChI=1S/C27H31NO6S/c1-15(2)12-27(13-22(30)20-10-21(29)19(16(3)4)11-23(20)34-27)14-33-18-7-5-17(6-8-18)9-24-25(31)28-26(32)35-24/h5-8,10-11,15-16,29,31H,9,12-14H2,1-4H3,(H,28,32). The van der Waals surface area contributed by atoms with Crippen molar-refractivity contribution in [3.8, 4) is 23.1 Å². The molecule has 4 rings (SSSR count). The van der Waals surface area contributed by atoms with Gasteiger partial charge in [0.2, 0.25) is 5.88 Å². The molecule has 0 saturated heterocycles. The number of benzene rings is 2. The summed E-state index contributed by atoms with van der Waals surface area (Å²) in [5.41, 5.74) is 1.27. The minimum atomic E-state index is -0.814. The largest absolute Gasteiger partial charge is 0.508 e. The van der Waals surface area contributed by atoms with Crippen molar-refractivity contribution in [1.82, 2.24) is 4.98 Å². The molecule has 0 radical (unpaired) electrons. The smallest absolute Gasteiger partial charge is 0.307 e. The van der Waals surface area contributed by atoms with E-state index in [1.807, 2.05) is 38.1 Å². The summed E-state index contributed by atoms with van der Waals surface area (Å²) in [4.78, 5) is 27.2. The number of ether oxygens (including phenoxy) is 2. The minimum Gasteiger partial charge on any atom is -0.508 e. The van der Waals surface area contributed by atoms with Crippen LogP contribution in [-0.4, -0.2) is 33.2 Å². The van der Waals surface area contributed by atoms with Gasteiger partial charge in [-0.3, -0.25) is 14.6 Å². The number of Topliss-reactive ketones (excluding diaryl/α,β-unsaturated/α-hetero) is 1. The van der Waals surface area contributed by atoms with E-state index in [1.165, 1.54) is 6.07 Å². The Kier molecular flexibility index (Phi) is 6.94. The van der Waals surface area contributed by atoms with Gasteiger partial charge >= 0.3 is 4.87 Å². The summed E-state index contributed by atoms with van der Waals surface area (Å²) in [5.74, 6) is 1.45. The van der Waals surface area contributed by atoms with E-state index in [2.05, 4.69) is 18.8 Å². The first kappa shape index (κ1) is 24.9. The lowest BCUT2D eigenvalue weighted by molar-refractivity contribution is -0.00922. The van der Waals surface area contributed by atoms with Crippen LogP contribution in [0.5, 0.6) is 23.1 Å². The fourth-order valence-electron chi connectivity index (χ4n) is 4.58. The number of thiazole rings is 1. The zero-order chi connectivity index (χ0) is 25.3. The zero-order valence-electron chi connectivity index (χ0n) is 20.4. The lowest BCUT2D eigenvalue weighted by Gasteiger charge is -2.39. The maximum Gasteiger partial charge on any atom is 0.307 e. The molecule has 1 atom stereocenters. The highest BCUT2D eigenvalue weighted by Crippen LogP contribution is 2.41. The van der Waals surface area contributed by atoms with Gasteiger partial charge in [0.05, 0.1) is 16.9 Å². The number of carbonyl (C=O) groups is 1. The SMILES string of the molecule is CC(C)CC1(COc2ccc(Cc3sc(=O)[nH]c3O)cc2)CC(=O)c2cc(O)c(C(C)C)cc2O1.